The zero-order valence-corrected chi connectivity index (χ0v) is 9.15. The molecule has 1 radical (unpaired) electrons. The Hall–Kier alpha value is -0.470. The van der Waals surface area contributed by atoms with Crippen LogP contribution >= 0.6 is 0 Å². The van der Waals surface area contributed by atoms with Crippen LogP contribution in [0.4, 0.5) is 13.2 Å². The fourth-order valence-electron chi connectivity index (χ4n) is 1.47. The molecule has 0 rings (SSSR count). The van der Waals surface area contributed by atoms with Crippen molar-refractivity contribution in [3.8, 4) is 0 Å². The van der Waals surface area contributed by atoms with Gasteiger partial charge in [-0.15, -0.1) is 0 Å². The van der Waals surface area contributed by atoms with Gasteiger partial charge in [-0.1, -0.05) is 44.8 Å². The lowest BCUT2D eigenvalue weighted by molar-refractivity contribution is -0.135. The van der Waals surface area contributed by atoms with Crippen LogP contribution in [-0.2, 0) is 0 Å². The van der Waals surface area contributed by atoms with Gasteiger partial charge in [0.1, 0.15) is 0 Å². The quantitative estimate of drug-likeness (QED) is 0.478. The number of unbranched alkanes of at least 4 members (excludes halogenated alkanes) is 7. The summed E-state index contributed by atoms with van der Waals surface area (Å²) in [6.07, 6.45) is 4.27. The molecule has 0 aromatic rings. The molecule has 15 heavy (non-hydrogen) atoms. The molecule has 0 amide bonds. The Morgan fingerprint density at radius 3 is 1.73 bits per heavy atom. The standard InChI is InChI=1S/C12H20F3/c1-2-3-4-5-6-7-8-9-10-11-12(13,14)15/h1-2H,3-11H2. The van der Waals surface area contributed by atoms with E-state index in [0.717, 1.165) is 38.5 Å². The Morgan fingerprint density at radius 2 is 1.27 bits per heavy atom. The molecule has 0 spiro atoms. The summed E-state index contributed by atoms with van der Waals surface area (Å²) in [6.45, 7) is 5.22. The van der Waals surface area contributed by atoms with Crippen LogP contribution in [-0.4, -0.2) is 6.18 Å². The number of hydrogen-bond donors (Lipinski definition) is 0. The molecule has 0 heterocycles. The highest BCUT2D eigenvalue weighted by Gasteiger charge is 2.25. The molecule has 0 aromatic heterocycles. The van der Waals surface area contributed by atoms with Crippen LogP contribution in [0.15, 0.2) is 6.08 Å². The van der Waals surface area contributed by atoms with Gasteiger partial charge in [0.15, 0.2) is 0 Å². The molecule has 0 saturated heterocycles. The van der Waals surface area contributed by atoms with Crippen LogP contribution in [0, 0.1) is 6.58 Å². The minimum absolute atomic E-state index is 0.278. The Balaban J connectivity index is 3.02. The van der Waals surface area contributed by atoms with Gasteiger partial charge in [-0.25, -0.2) is 0 Å². The highest BCUT2D eigenvalue weighted by molar-refractivity contribution is 4.61. The SMILES string of the molecule is [CH]=CCCCCCCCCCC(F)(F)F. The Bertz CT molecular complexity index is 149. The minimum atomic E-state index is -3.98. The van der Waals surface area contributed by atoms with E-state index in [9.17, 15) is 13.2 Å². The highest BCUT2D eigenvalue weighted by atomic mass is 19.4. The monoisotopic (exact) mass is 221 g/mol. The Kier molecular flexibility index (Phi) is 8.53. The smallest absolute Gasteiger partial charge is 0.171 e. The highest BCUT2D eigenvalue weighted by Crippen LogP contribution is 2.23. The van der Waals surface area contributed by atoms with E-state index in [1.807, 2.05) is 0 Å². The van der Waals surface area contributed by atoms with Crippen LogP contribution in [0.5, 0.6) is 0 Å². The molecule has 0 aliphatic carbocycles. The van der Waals surface area contributed by atoms with Gasteiger partial charge in [0, 0.05) is 6.42 Å². The lowest BCUT2D eigenvalue weighted by Crippen LogP contribution is -2.06. The topological polar surface area (TPSA) is 0 Å². The van der Waals surface area contributed by atoms with E-state index >= 15 is 0 Å². The molecule has 0 atom stereocenters. The first-order chi connectivity index (χ1) is 7.06. The maximum atomic E-state index is 11.8. The summed E-state index contributed by atoms with van der Waals surface area (Å²) in [6, 6.07) is 0. The van der Waals surface area contributed by atoms with Crippen molar-refractivity contribution in [2.24, 2.45) is 0 Å². The second-order valence-corrected chi connectivity index (χ2v) is 3.86. The number of halogens is 3. The lowest BCUT2D eigenvalue weighted by Gasteiger charge is -2.05. The first-order valence-electron chi connectivity index (χ1n) is 5.66. The summed E-state index contributed by atoms with van der Waals surface area (Å²) >= 11 is 0. The maximum absolute atomic E-state index is 11.8. The van der Waals surface area contributed by atoms with Crippen LogP contribution < -0.4 is 0 Å². The first-order valence-corrected chi connectivity index (χ1v) is 5.66. The van der Waals surface area contributed by atoms with E-state index < -0.39 is 12.6 Å². The van der Waals surface area contributed by atoms with E-state index in [4.69, 9.17) is 6.58 Å². The summed E-state index contributed by atoms with van der Waals surface area (Å²) < 4.78 is 35.3. The fraction of sp³-hybridized carbons (Fsp3) is 0.833. The third kappa shape index (κ3) is 13.5. The van der Waals surface area contributed by atoms with E-state index in [-0.39, 0.29) is 6.42 Å². The predicted molar refractivity (Wildman–Crippen MR) is 56.5 cm³/mol. The molecule has 0 aliphatic heterocycles. The molecule has 3 heteroatoms. The van der Waals surface area contributed by atoms with E-state index in [0.29, 0.717) is 6.42 Å². The minimum Gasteiger partial charge on any atom is -0.171 e. The molecule has 0 nitrogen and oxygen atoms in total. The van der Waals surface area contributed by atoms with Crippen LogP contribution in [0.3, 0.4) is 0 Å². The summed E-state index contributed by atoms with van der Waals surface area (Å²) in [5.74, 6) is 0. The van der Waals surface area contributed by atoms with Gasteiger partial charge in [0.2, 0.25) is 0 Å². The van der Waals surface area contributed by atoms with E-state index in [2.05, 4.69) is 0 Å². The van der Waals surface area contributed by atoms with E-state index in [1.165, 1.54) is 0 Å². The summed E-state index contributed by atoms with van der Waals surface area (Å²) in [4.78, 5) is 0. The Labute approximate surface area is 90.6 Å². The van der Waals surface area contributed by atoms with Gasteiger partial charge >= 0.3 is 6.18 Å². The van der Waals surface area contributed by atoms with Gasteiger partial charge in [0.05, 0.1) is 0 Å². The normalized spacial score (nSPS) is 11.7. The second-order valence-electron chi connectivity index (χ2n) is 3.86. The molecule has 0 aliphatic rings. The van der Waals surface area contributed by atoms with Crippen LogP contribution in [0.25, 0.3) is 0 Å². The molecular formula is C12H20F3. The summed E-state index contributed by atoms with van der Waals surface area (Å²) in [7, 11) is 0. The molecular weight excluding hydrogens is 201 g/mol. The van der Waals surface area contributed by atoms with Crippen molar-refractivity contribution in [3.63, 3.8) is 0 Å². The second kappa shape index (κ2) is 8.81. The summed E-state index contributed by atoms with van der Waals surface area (Å²) in [5.41, 5.74) is 0. The molecule has 0 saturated carbocycles. The van der Waals surface area contributed by atoms with Crippen LogP contribution in [0.1, 0.15) is 57.8 Å². The fourth-order valence-corrected chi connectivity index (χ4v) is 1.47. The number of rotatable bonds is 9. The van der Waals surface area contributed by atoms with Gasteiger partial charge < -0.3 is 0 Å². The third-order valence-electron chi connectivity index (χ3n) is 2.33. The molecule has 0 aromatic carbocycles. The maximum Gasteiger partial charge on any atom is 0.389 e. The van der Waals surface area contributed by atoms with Gasteiger partial charge in [-0.3, -0.25) is 0 Å². The summed E-state index contributed by atoms with van der Waals surface area (Å²) in [5, 5.41) is 0. The van der Waals surface area contributed by atoms with Crippen molar-refractivity contribution in [3.05, 3.63) is 12.7 Å². The van der Waals surface area contributed by atoms with Crippen molar-refractivity contribution in [1.82, 2.24) is 0 Å². The predicted octanol–water partition coefficient (Wildman–Crippen LogP) is 5.05. The number of allylic oxidation sites excluding steroid dienone is 1. The number of hydrogen-bond acceptors (Lipinski definition) is 0. The zero-order valence-electron chi connectivity index (χ0n) is 9.15. The number of alkyl halides is 3. The Morgan fingerprint density at radius 1 is 0.800 bits per heavy atom. The van der Waals surface area contributed by atoms with Crippen molar-refractivity contribution in [2.45, 2.75) is 64.0 Å². The average Bonchev–Trinajstić information content (AvgIpc) is 2.14. The molecule has 0 fully saturated rings. The van der Waals surface area contributed by atoms with Gasteiger partial charge in [-0.2, -0.15) is 13.2 Å². The average molecular weight is 221 g/mol. The van der Waals surface area contributed by atoms with Crippen molar-refractivity contribution < 1.29 is 13.2 Å². The molecule has 89 valence electrons. The zero-order chi connectivity index (χ0) is 11.6. The van der Waals surface area contributed by atoms with Gasteiger partial charge in [-0.05, 0) is 19.3 Å². The van der Waals surface area contributed by atoms with Crippen LogP contribution in [0.2, 0.25) is 0 Å². The molecule has 0 N–H and O–H groups in total. The largest absolute Gasteiger partial charge is 0.389 e. The van der Waals surface area contributed by atoms with Crippen molar-refractivity contribution in [2.75, 3.05) is 0 Å². The molecule has 0 unspecified atom stereocenters. The van der Waals surface area contributed by atoms with Gasteiger partial charge in [0.25, 0.3) is 0 Å². The molecule has 0 bridgehead atoms. The van der Waals surface area contributed by atoms with Crippen molar-refractivity contribution in [1.29, 1.82) is 0 Å². The van der Waals surface area contributed by atoms with E-state index in [1.54, 1.807) is 6.08 Å². The van der Waals surface area contributed by atoms with Crippen molar-refractivity contribution >= 4 is 0 Å². The lowest BCUT2D eigenvalue weighted by atomic mass is 10.1. The third-order valence-corrected chi connectivity index (χ3v) is 2.33. The first kappa shape index (κ1) is 14.5.